The quantitative estimate of drug-likeness (QED) is 0.420. The fraction of sp³-hybridized carbons (Fsp3) is 0.125. The van der Waals surface area contributed by atoms with Crippen LogP contribution in [-0.4, -0.2) is 18.5 Å². The molecular weight excluding hydrogens is 433 g/mol. The molecule has 0 atom stereocenters. The van der Waals surface area contributed by atoms with Crippen LogP contribution < -0.4 is 5.32 Å². The maximum atomic E-state index is 11.6. The first-order chi connectivity index (χ1) is 11.0. The van der Waals surface area contributed by atoms with E-state index < -0.39 is 5.97 Å². The van der Waals surface area contributed by atoms with Crippen LogP contribution in [0.5, 0.6) is 0 Å². The number of benzene rings is 1. The molecule has 23 heavy (non-hydrogen) atoms. The van der Waals surface area contributed by atoms with Crippen molar-refractivity contribution in [3.63, 3.8) is 0 Å². The van der Waals surface area contributed by atoms with Gasteiger partial charge in [0.2, 0.25) is 0 Å². The summed E-state index contributed by atoms with van der Waals surface area (Å²) in [6, 6.07) is 10.6. The first kappa shape index (κ1) is 17.6. The molecule has 5 nitrogen and oxygen atoms in total. The normalized spacial score (nSPS) is 10.7. The van der Waals surface area contributed by atoms with E-state index in [2.05, 4.69) is 5.32 Å². The van der Waals surface area contributed by atoms with Crippen LogP contribution in [0.3, 0.4) is 0 Å². The van der Waals surface area contributed by atoms with Crippen molar-refractivity contribution in [3.05, 3.63) is 62.6 Å². The van der Waals surface area contributed by atoms with Crippen LogP contribution in [0.25, 0.3) is 6.08 Å². The van der Waals surface area contributed by atoms with Crippen LogP contribution in [0, 0.1) is 3.77 Å². The molecular formula is C16H13ClINO4. The summed E-state index contributed by atoms with van der Waals surface area (Å²) in [5.74, 6) is -0.453. The zero-order valence-corrected chi connectivity index (χ0v) is 14.8. The Morgan fingerprint density at radius 3 is 2.61 bits per heavy atom. The summed E-state index contributed by atoms with van der Waals surface area (Å²) < 4.78 is 10.8. The second-order valence-electron chi connectivity index (χ2n) is 4.49. The minimum Gasteiger partial charge on any atom is -0.452 e. The molecule has 0 saturated carbocycles. The average Bonchev–Trinajstić information content (AvgIpc) is 2.96. The Kier molecular flexibility index (Phi) is 6.66. The number of ether oxygens (including phenoxy) is 1. The van der Waals surface area contributed by atoms with E-state index in [9.17, 15) is 9.59 Å². The Morgan fingerprint density at radius 2 is 1.96 bits per heavy atom. The SMILES string of the molecule is O=C(COC(=O)C=Cc1ccc(I)o1)NCc1ccc(Cl)cc1. The van der Waals surface area contributed by atoms with Gasteiger partial charge in [-0.2, -0.15) is 0 Å². The predicted octanol–water partition coefficient (Wildman–Crippen LogP) is 3.41. The third kappa shape index (κ3) is 6.45. The third-order valence-corrected chi connectivity index (χ3v) is 3.56. The van der Waals surface area contributed by atoms with E-state index in [4.69, 9.17) is 20.8 Å². The molecule has 1 amide bonds. The summed E-state index contributed by atoms with van der Waals surface area (Å²) in [7, 11) is 0. The minimum absolute atomic E-state index is 0.341. The molecule has 2 rings (SSSR count). The zero-order chi connectivity index (χ0) is 16.7. The molecule has 7 heteroatoms. The maximum absolute atomic E-state index is 11.6. The van der Waals surface area contributed by atoms with Gasteiger partial charge in [-0.25, -0.2) is 4.79 Å². The van der Waals surface area contributed by atoms with E-state index in [0.717, 1.165) is 9.33 Å². The second kappa shape index (κ2) is 8.73. The van der Waals surface area contributed by atoms with Gasteiger partial charge >= 0.3 is 5.97 Å². The lowest BCUT2D eigenvalue weighted by molar-refractivity contribution is -0.143. The number of carbonyl (C=O) groups is 2. The molecule has 0 aliphatic rings. The topological polar surface area (TPSA) is 68.5 Å². The molecule has 0 radical (unpaired) electrons. The molecule has 1 aromatic carbocycles. The third-order valence-electron chi connectivity index (χ3n) is 2.73. The molecule has 0 spiro atoms. The molecule has 2 aromatic rings. The monoisotopic (exact) mass is 445 g/mol. The lowest BCUT2D eigenvalue weighted by Gasteiger charge is -2.05. The van der Waals surface area contributed by atoms with E-state index >= 15 is 0 Å². The van der Waals surface area contributed by atoms with Gasteiger partial charge < -0.3 is 14.5 Å². The summed E-state index contributed by atoms with van der Waals surface area (Å²) in [5.41, 5.74) is 0.904. The zero-order valence-electron chi connectivity index (χ0n) is 11.9. The molecule has 0 aliphatic carbocycles. The van der Waals surface area contributed by atoms with Crippen LogP contribution in [-0.2, 0) is 20.9 Å². The number of rotatable bonds is 6. The van der Waals surface area contributed by atoms with E-state index in [-0.39, 0.29) is 12.5 Å². The van der Waals surface area contributed by atoms with Crippen molar-refractivity contribution in [2.45, 2.75) is 6.54 Å². The van der Waals surface area contributed by atoms with Crippen molar-refractivity contribution < 1.29 is 18.7 Å². The van der Waals surface area contributed by atoms with Gasteiger partial charge in [-0.15, -0.1) is 0 Å². The summed E-state index contributed by atoms with van der Waals surface area (Å²) in [5, 5.41) is 3.28. The van der Waals surface area contributed by atoms with Crippen molar-refractivity contribution in [2.75, 3.05) is 6.61 Å². The first-order valence-corrected chi connectivity index (χ1v) is 8.10. The number of halogens is 2. The fourth-order valence-corrected chi connectivity index (χ4v) is 2.17. The lowest BCUT2D eigenvalue weighted by Crippen LogP contribution is -2.28. The van der Waals surface area contributed by atoms with Crippen LogP contribution in [0.2, 0.25) is 5.02 Å². The number of hydrogen-bond donors (Lipinski definition) is 1. The molecule has 0 saturated heterocycles. The van der Waals surface area contributed by atoms with Gasteiger partial charge in [-0.05, 0) is 58.5 Å². The number of esters is 1. The number of furan rings is 1. The highest BCUT2D eigenvalue weighted by Gasteiger charge is 2.05. The smallest absolute Gasteiger partial charge is 0.331 e. The summed E-state index contributed by atoms with van der Waals surface area (Å²) >= 11 is 7.80. The molecule has 0 unspecified atom stereocenters. The van der Waals surface area contributed by atoms with Crippen molar-refractivity contribution in [3.8, 4) is 0 Å². The van der Waals surface area contributed by atoms with Crippen LogP contribution >= 0.6 is 34.2 Å². The average molecular weight is 446 g/mol. The van der Waals surface area contributed by atoms with Crippen LogP contribution in [0.4, 0.5) is 0 Å². The minimum atomic E-state index is -0.613. The first-order valence-electron chi connectivity index (χ1n) is 6.64. The molecule has 1 N–H and O–H groups in total. The number of hydrogen-bond acceptors (Lipinski definition) is 4. The Morgan fingerprint density at radius 1 is 1.22 bits per heavy atom. The van der Waals surface area contributed by atoms with Crippen molar-refractivity contribution in [1.82, 2.24) is 5.32 Å². The van der Waals surface area contributed by atoms with Crippen LogP contribution in [0.1, 0.15) is 11.3 Å². The van der Waals surface area contributed by atoms with Gasteiger partial charge in [0.1, 0.15) is 5.76 Å². The van der Waals surface area contributed by atoms with Gasteiger partial charge in [0.15, 0.2) is 10.4 Å². The van der Waals surface area contributed by atoms with E-state index in [1.54, 1.807) is 24.3 Å². The summed E-state index contributed by atoms with van der Waals surface area (Å²) in [6.45, 7) is 0.000671. The largest absolute Gasteiger partial charge is 0.452 e. The number of carbonyl (C=O) groups excluding carboxylic acids is 2. The number of amides is 1. The van der Waals surface area contributed by atoms with Gasteiger partial charge in [-0.1, -0.05) is 23.7 Å². The molecule has 0 aliphatic heterocycles. The second-order valence-corrected chi connectivity index (χ2v) is 5.99. The Balaban J connectivity index is 1.70. The number of nitrogens with one attached hydrogen (secondary N) is 1. The summed E-state index contributed by atoms with van der Waals surface area (Å²) in [4.78, 5) is 23.1. The van der Waals surface area contributed by atoms with Crippen molar-refractivity contribution >= 4 is 52.1 Å². The Labute approximate surface area is 151 Å². The highest BCUT2D eigenvalue weighted by molar-refractivity contribution is 14.1. The highest BCUT2D eigenvalue weighted by atomic mass is 127. The van der Waals surface area contributed by atoms with E-state index in [0.29, 0.717) is 17.3 Å². The standard InChI is InChI=1S/C16H13ClINO4/c17-12-3-1-11(2-4-12)9-19-15(20)10-22-16(21)8-6-13-5-7-14(18)23-13/h1-8H,9-10H2,(H,19,20). The van der Waals surface area contributed by atoms with Gasteiger partial charge in [0, 0.05) is 17.6 Å². The molecule has 1 aromatic heterocycles. The van der Waals surface area contributed by atoms with Crippen molar-refractivity contribution in [1.29, 1.82) is 0 Å². The molecule has 0 bridgehead atoms. The van der Waals surface area contributed by atoms with Gasteiger partial charge in [-0.3, -0.25) is 4.79 Å². The van der Waals surface area contributed by atoms with Gasteiger partial charge in [0.05, 0.1) is 0 Å². The maximum Gasteiger partial charge on any atom is 0.331 e. The Bertz CT molecular complexity index is 709. The summed E-state index contributed by atoms with van der Waals surface area (Å²) in [6.07, 6.45) is 2.69. The van der Waals surface area contributed by atoms with Gasteiger partial charge in [0.25, 0.3) is 5.91 Å². The highest BCUT2D eigenvalue weighted by Crippen LogP contribution is 2.11. The van der Waals surface area contributed by atoms with Crippen LogP contribution in [0.15, 0.2) is 46.9 Å². The predicted molar refractivity (Wildman–Crippen MR) is 94.7 cm³/mol. The Hall–Kier alpha value is -1.80. The molecule has 1 heterocycles. The molecule has 120 valence electrons. The van der Waals surface area contributed by atoms with E-state index in [1.807, 2.05) is 34.7 Å². The fourth-order valence-electron chi connectivity index (χ4n) is 1.61. The lowest BCUT2D eigenvalue weighted by atomic mass is 10.2. The van der Waals surface area contributed by atoms with Crippen molar-refractivity contribution in [2.24, 2.45) is 0 Å². The van der Waals surface area contributed by atoms with E-state index in [1.165, 1.54) is 12.2 Å². The molecule has 0 fully saturated rings.